The van der Waals surface area contributed by atoms with Gasteiger partial charge >= 0.3 is 5.97 Å². The number of aliphatic hydroxyl groups excluding tert-OH is 1. The maximum atomic E-state index is 14.7. The molecule has 16 atom stereocenters. The van der Waals surface area contributed by atoms with Crippen LogP contribution in [0.25, 0.3) is 0 Å². The Hall–Kier alpha value is -1.97. The first-order valence-electron chi connectivity index (χ1n) is 22.2. The maximum Gasteiger partial charge on any atom is 0.337 e. The molecule has 2 bridgehead atoms. The lowest BCUT2D eigenvalue weighted by molar-refractivity contribution is -0.299. The fourth-order valence-electron chi connectivity index (χ4n) is 9.47. The highest BCUT2D eigenvalue weighted by Gasteiger charge is 2.60. The molecule has 3 saturated heterocycles. The summed E-state index contributed by atoms with van der Waals surface area (Å²) < 4.78 is 52.5. The number of allylic oxidation sites excluding steroid dienone is 2. The fraction of sp³-hybridized carbons (Fsp3) is 0.766. The molecule has 1 aliphatic carbocycles. The van der Waals surface area contributed by atoms with E-state index >= 15 is 0 Å². The van der Waals surface area contributed by atoms with E-state index in [0.717, 1.165) is 12.0 Å². The van der Waals surface area contributed by atoms with Crippen LogP contribution in [0.15, 0.2) is 59.3 Å². The van der Waals surface area contributed by atoms with Crippen LogP contribution < -0.4 is 0 Å². The molecular formula is C47H74O11Si. The van der Waals surface area contributed by atoms with Crippen molar-refractivity contribution in [3.8, 4) is 0 Å². The van der Waals surface area contributed by atoms with Gasteiger partial charge in [0.15, 0.2) is 20.4 Å². The van der Waals surface area contributed by atoms with Gasteiger partial charge < -0.3 is 47.8 Å². The van der Waals surface area contributed by atoms with Crippen molar-refractivity contribution in [3.63, 3.8) is 0 Å². The number of hydrogen-bond donors (Lipinski definition) is 2. The fourth-order valence-corrected chi connectivity index (χ4v) is 10.8. The first kappa shape index (κ1) is 46.5. The Morgan fingerprint density at radius 3 is 2.44 bits per heavy atom. The van der Waals surface area contributed by atoms with E-state index in [1.807, 2.05) is 44.2 Å². The van der Waals surface area contributed by atoms with Crippen molar-refractivity contribution in [1.82, 2.24) is 0 Å². The van der Waals surface area contributed by atoms with Gasteiger partial charge in [0.2, 0.25) is 0 Å². The molecule has 0 aromatic heterocycles. The number of ether oxygens (including phenoxy) is 7. The Labute approximate surface area is 354 Å². The Balaban J connectivity index is 1.42. The zero-order valence-electron chi connectivity index (χ0n) is 37.9. The highest BCUT2D eigenvalue weighted by Crippen LogP contribution is 2.49. The van der Waals surface area contributed by atoms with Crippen LogP contribution in [0.1, 0.15) is 101 Å². The van der Waals surface area contributed by atoms with Crippen molar-refractivity contribution in [2.24, 2.45) is 23.7 Å². The molecule has 3 fully saturated rings. The van der Waals surface area contributed by atoms with Crippen LogP contribution in [0.2, 0.25) is 18.1 Å². The van der Waals surface area contributed by atoms with Gasteiger partial charge in [0, 0.05) is 44.1 Å². The third-order valence-corrected chi connectivity index (χ3v) is 18.9. The monoisotopic (exact) mass is 843 g/mol. The number of aliphatic hydroxyl groups is 2. The van der Waals surface area contributed by atoms with Crippen LogP contribution in [0.5, 0.6) is 0 Å². The van der Waals surface area contributed by atoms with E-state index in [0.29, 0.717) is 31.3 Å². The predicted molar refractivity (Wildman–Crippen MR) is 229 cm³/mol. The number of carbonyl (C=O) groups is 1. The van der Waals surface area contributed by atoms with E-state index in [1.54, 1.807) is 7.11 Å². The molecule has 0 unspecified atom stereocenters. The molecule has 2 N–H and O–H groups in total. The highest BCUT2D eigenvalue weighted by molar-refractivity contribution is 6.74. The summed E-state index contributed by atoms with van der Waals surface area (Å²) >= 11 is 0. The SMILES string of the molecule is CC[C@H](C)[C@H]1O[C@]2(C=C[C@@H]1C)C[C@@H]1C[C@@H](C/C=C(\C)[C@@H](O[C@H]3C[C@H](OC)[C@@H](O)[C@H](C)O3)[C@@H](C)/C=C/C=C3\CO[C@@H]4[C@H](O[Si](C)(C)C(C)(C)C)[C@@H](C)C=C(C(=O)O1)[C@]34O)O2. The summed E-state index contributed by atoms with van der Waals surface area (Å²) in [6.07, 6.45) is 11.7. The Kier molecular flexibility index (Phi) is 14.2. The Bertz CT molecular complexity index is 1660. The average molecular weight is 843 g/mol. The van der Waals surface area contributed by atoms with E-state index in [2.05, 4.69) is 80.6 Å². The van der Waals surface area contributed by atoms with Crippen molar-refractivity contribution in [2.75, 3.05) is 13.7 Å². The highest BCUT2D eigenvalue weighted by atomic mass is 28.4. The van der Waals surface area contributed by atoms with Crippen molar-refractivity contribution in [1.29, 1.82) is 0 Å². The molecule has 0 radical (unpaired) electrons. The number of carbonyl (C=O) groups excluding carboxylic acids is 1. The van der Waals surface area contributed by atoms with E-state index in [1.165, 1.54) is 0 Å². The van der Waals surface area contributed by atoms with Crippen molar-refractivity contribution < 1.29 is 52.6 Å². The zero-order valence-corrected chi connectivity index (χ0v) is 38.9. The molecule has 0 amide bonds. The first-order valence-corrected chi connectivity index (χ1v) is 25.1. The minimum Gasteiger partial charge on any atom is -0.459 e. The molecular weight excluding hydrogens is 769 g/mol. The molecule has 6 rings (SSSR count). The van der Waals surface area contributed by atoms with Crippen molar-refractivity contribution in [2.45, 2.75) is 192 Å². The van der Waals surface area contributed by atoms with E-state index in [9.17, 15) is 15.0 Å². The maximum absolute atomic E-state index is 14.7. The van der Waals surface area contributed by atoms with Gasteiger partial charge in [0.25, 0.3) is 0 Å². The van der Waals surface area contributed by atoms with Crippen LogP contribution in [0.4, 0.5) is 0 Å². The number of hydrogen-bond acceptors (Lipinski definition) is 11. The number of methoxy groups -OCH3 is 1. The third kappa shape index (κ3) is 9.53. The van der Waals surface area contributed by atoms with Gasteiger partial charge in [-0.25, -0.2) is 4.79 Å². The summed E-state index contributed by atoms with van der Waals surface area (Å²) in [5.41, 5.74) is -0.0500. The Morgan fingerprint density at radius 1 is 1.03 bits per heavy atom. The van der Waals surface area contributed by atoms with Gasteiger partial charge in [-0.2, -0.15) is 0 Å². The first-order chi connectivity index (χ1) is 27.6. The number of fused-ring (bicyclic) bond motifs is 2. The van der Waals surface area contributed by atoms with Crippen LogP contribution in [-0.2, 0) is 42.4 Å². The van der Waals surface area contributed by atoms with Gasteiger partial charge in [-0.1, -0.05) is 98.3 Å². The molecule has 5 aliphatic heterocycles. The van der Waals surface area contributed by atoms with Gasteiger partial charge in [-0.05, 0) is 61.5 Å². The van der Waals surface area contributed by atoms with Gasteiger partial charge in [0.05, 0.1) is 48.8 Å². The second-order valence-corrected chi connectivity index (χ2v) is 24.7. The van der Waals surface area contributed by atoms with Gasteiger partial charge in [-0.3, -0.25) is 0 Å². The van der Waals surface area contributed by atoms with Crippen LogP contribution in [0, 0.1) is 23.7 Å². The van der Waals surface area contributed by atoms with E-state index in [4.69, 9.17) is 37.6 Å². The molecule has 332 valence electrons. The minimum absolute atomic E-state index is 0.0717. The van der Waals surface area contributed by atoms with Crippen molar-refractivity contribution in [3.05, 3.63) is 59.3 Å². The normalized spacial score (nSPS) is 45.0. The molecule has 12 heteroatoms. The van der Waals surface area contributed by atoms with Gasteiger partial charge in [-0.15, -0.1) is 0 Å². The van der Waals surface area contributed by atoms with Crippen LogP contribution in [0.3, 0.4) is 0 Å². The molecule has 0 aromatic rings. The van der Waals surface area contributed by atoms with Crippen LogP contribution >= 0.6 is 0 Å². The predicted octanol–water partition coefficient (Wildman–Crippen LogP) is 7.87. The summed E-state index contributed by atoms with van der Waals surface area (Å²) in [6.45, 7) is 25.6. The van der Waals surface area contributed by atoms with Crippen LogP contribution in [-0.4, -0.2) is 111 Å². The summed E-state index contributed by atoms with van der Waals surface area (Å²) in [5, 5.41) is 23.7. The minimum atomic E-state index is -2.33. The molecule has 11 nitrogen and oxygen atoms in total. The Morgan fingerprint density at radius 2 is 1.76 bits per heavy atom. The second kappa shape index (κ2) is 18.0. The van der Waals surface area contributed by atoms with Crippen molar-refractivity contribution >= 4 is 14.3 Å². The summed E-state index contributed by atoms with van der Waals surface area (Å²) in [5.74, 6) is -1.56. The summed E-state index contributed by atoms with van der Waals surface area (Å²) in [4.78, 5) is 14.7. The topological polar surface area (TPSA) is 131 Å². The summed E-state index contributed by atoms with van der Waals surface area (Å²) in [7, 11) is -0.736. The number of rotatable bonds is 7. The quantitative estimate of drug-likeness (QED) is 0.148. The molecule has 5 heterocycles. The molecule has 0 aromatic carbocycles. The number of esters is 1. The lowest BCUT2D eigenvalue weighted by Crippen LogP contribution is -2.59. The molecule has 6 aliphatic rings. The second-order valence-electron chi connectivity index (χ2n) is 19.9. The molecule has 59 heavy (non-hydrogen) atoms. The third-order valence-electron chi connectivity index (χ3n) is 14.4. The molecule has 0 saturated carbocycles. The molecule has 1 spiro atoms. The lowest BCUT2D eigenvalue weighted by Gasteiger charge is -2.48. The summed E-state index contributed by atoms with van der Waals surface area (Å²) in [6, 6.07) is 0. The smallest absolute Gasteiger partial charge is 0.337 e. The van der Waals surface area contributed by atoms with E-state index < -0.39 is 74.7 Å². The van der Waals surface area contributed by atoms with E-state index in [-0.39, 0.29) is 53.1 Å². The largest absolute Gasteiger partial charge is 0.459 e. The standard InChI is InChI=1S/C47H74O11Si/c1-14-27(2)41-30(5)20-21-46(57-41)25-35-23-34(56-46)19-18-29(4)40(55-38-24-37(51-11)39(48)32(7)53-38)28(3)16-15-17-33-26-52-43-42(58-59(12,13)45(8,9)10)31(6)22-36(44(49)54-35)47(33,43)50/h15-18,20-22,27-28,30-32,34-35,37-43,48,50H,14,19,23-26H2,1-13H3/b16-15+,29-18+,33-17+/t27-,28-,30-,31-,32-,34+,35-,37-,38-,39-,40-,41+,42+,43+,46+,47+/m0/s1. The lowest BCUT2D eigenvalue weighted by atomic mass is 9.72. The zero-order chi connectivity index (χ0) is 43.2. The average Bonchev–Trinajstić information content (AvgIpc) is 3.51. The van der Waals surface area contributed by atoms with Gasteiger partial charge in [0.1, 0.15) is 23.9 Å².